The van der Waals surface area contributed by atoms with Crippen LogP contribution in [0.4, 0.5) is 18.9 Å². The van der Waals surface area contributed by atoms with Crippen molar-refractivity contribution in [1.29, 1.82) is 0 Å². The van der Waals surface area contributed by atoms with E-state index in [1.165, 1.54) is 36.4 Å². The number of ether oxygens (including phenoxy) is 1. The number of carbonyl (C=O) groups is 1. The summed E-state index contributed by atoms with van der Waals surface area (Å²) in [6.45, 7) is 0.469. The van der Waals surface area contributed by atoms with Crippen LogP contribution in [-0.2, 0) is 12.7 Å². The van der Waals surface area contributed by atoms with Gasteiger partial charge in [-0.05, 0) is 35.9 Å². The Hall–Kier alpha value is -4.15. The average Bonchev–Trinajstić information content (AvgIpc) is 3.43. The van der Waals surface area contributed by atoms with Crippen LogP contribution in [0.3, 0.4) is 0 Å². The Morgan fingerprint density at radius 3 is 2.69 bits per heavy atom. The topological polar surface area (TPSA) is 86.9 Å². The molecule has 4 aromatic rings. The molecule has 2 aromatic heterocycles. The molecule has 8 nitrogen and oxygen atoms in total. The molecular weight excluding hydrogens is 425 g/mol. The fraction of sp³-hybridized carbons (Fsp3) is 0.143. The molecule has 0 fully saturated rings. The van der Waals surface area contributed by atoms with Gasteiger partial charge in [-0.25, -0.2) is 14.3 Å². The molecule has 1 amide bonds. The van der Waals surface area contributed by atoms with Gasteiger partial charge >= 0.3 is 6.18 Å². The third-order valence-electron chi connectivity index (χ3n) is 4.55. The van der Waals surface area contributed by atoms with Gasteiger partial charge < -0.3 is 10.1 Å². The lowest BCUT2D eigenvalue weighted by atomic mass is 10.2. The maximum absolute atomic E-state index is 13.0. The van der Waals surface area contributed by atoms with E-state index in [1.807, 2.05) is 6.07 Å². The Labute approximate surface area is 180 Å². The van der Waals surface area contributed by atoms with Gasteiger partial charge in [-0.3, -0.25) is 4.79 Å². The maximum atomic E-state index is 13.0. The van der Waals surface area contributed by atoms with Gasteiger partial charge in [0.05, 0.1) is 31.1 Å². The van der Waals surface area contributed by atoms with Crippen molar-refractivity contribution in [3.8, 4) is 11.4 Å². The normalized spacial score (nSPS) is 11.4. The first-order valence-electron chi connectivity index (χ1n) is 9.37. The number of aromatic nitrogens is 5. The summed E-state index contributed by atoms with van der Waals surface area (Å²) in [4.78, 5) is 16.7. The summed E-state index contributed by atoms with van der Waals surface area (Å²) < 4.78 is 47.1. The molecule has 0 unspecified atom stereocenters. The van der Waals surface area contributed by atoms with E-state index in [2.05, 4.69) is 20.5 Å². The summed E-state index contributed by atoms with van der Waals surface area (Å²) in [7, 11) is 1.35. The summed E-state index contributed by atoms with van der Waals surface area (Å²) in [6.07, 6.45) is -0.134. The maximum Gasteiger partial charge on any atom is 0.416 e. The van der Waals surface area contributed by atoms with E-state index in [1.54, 1.807) is 29.2 Å². The van der Waals surface area contributed by atoms with Gasteiger partial charge in [0, 0.05) is 5.69 Å². The van der Waals surface area contributed by atoms with Crippen molar-refractivity contribution in [2.75, 3.05) is 12.4 Å². The number of nitrogens with zero attached hydrogens (tertiary/aromatic N) is 5. The third kappa shape index (κ3) is 4.61. The van der Waals surface area contributed by atoms with Crippen molar-refractivity contribution in [2.45, 2.75) is 12.7 Å². The number of rotatable bonds is 6. The number of methoxy groups -OCH3 is 1. The molecule has 0 aliphatic heterocycles. The zero-order chi connectivity index (χ0) is 22.7. The van der Waals surface area contributed by atoms with Crippen LogP contribution in [0.15, 0.2) is 67.4 Å². The van der Waals surface area contributed by atoms with E-state index in [9.17, 15) is 18.0 Å². The number of carbonyl (C=O) groups excluding carboxylic acids is 1. The summed E-state index contributed by atoms with van der Waals surface area (Å²) >= 11 is 0. The molecule has 4 rings (SSSR count). The van der Waals surface area contributed by atoms with E-state index in [4.69, 9.17) is 4.74 Å². The lowest BCUT2D eigenvalue weighted by molar-refractivity contribution is -0.137. The Bertz CT molecular complexity index is 1230. The fourth-order valence-corrected chi connectivity index (χ4v) is 3.06. The molecule has 32 heavy (non-hydrogen) atoms. The molecule has 0 bridgehead atoms. The molecule has 0 spiro atoms. The lowest BCUT2D eigenvalue weighted by Crippen LogP contribution is -2.14. The van der Waals surface area contributed by atoms with Gasteiger partial charge in [0.1, 0.15) is 12.7 Å². The summed E-state index contributed by atoms with van der Waals surface area (Å²) in [6, 6.07) is 11.8. The van der Waals surface area contributed by atoms with Crippen molar-refractivity contribution in [3.63, 3.8) is 0 Å². The van der Waals surface area contributed by atoms with Crippen molar-refractivity contribution < 1.29 is 22.7 Å². The van der Waals surface area contributed by atoms with Gasteiger partial charge in [0.2, 0.25) is 0 Å². The summed E-state index contributed by atoms with van der Waals surface area (Å²) in [5.41, 5.74) is 0.663. The Morgan fingerprint density at radius 2 is 1.97 bits per heavy atom. The van der Waals surface area contributed by atoms with Gasteiger partial charge in [0.15, 0.2) is 11.4 Å². The van der Waals surface area contributed by atoms with Crippen LogP contribution in [-0.4, -0.2) is 37.6 Å². The highest BCUT2D eigenvalue weighted by Gasteiger charge is 2.30. The molecule has 0 saturated carbocycles. The molecule has 0 atom stereocenters. The zero-order valence-corrected chi connectivity index (χ0v) is 16.7. The summed E-state index contributed by atoms with van der Waals surface area (Å²) in [5, 5.41) is 10.9. The standard InChI is InChI=1S/C21H17F3N6O2/c1-32-18-11-30(17-7-3-5-15(9-17)21(22,23)24)28-19(18)20(31)27-16-6-2-4-14(8-16)10-29-13-25-12-26-29/h2-9,11-13H,10H2,1H3,(H,27,31). The molecule has 2 aromatic carbocycles. The van der Waals surface area contributed by atoms with Crippen LogP contribution >= 0.6 is 0 Å². The Balaban J connectivity index is 1.57. The van der Waals surface area contributed by atoms with E-state index < -0.39 is 17.6 Å². The molecule has 164 valence electrons. The molecule has 0 aliphatic carbocycles. The van der Waals surface area contributed by atoms with Gasteiger partial charge in [-0.1, -0.05) is 18.2 Å². The molecule has 0 radical (unpaired) electrons. The second-order valence-corrected chi connectivity index (χ2v) is 6.79. The predicted octanol–water partition coefficient (Wildman–Crippen LogP) is 3.79. The number of hydrogen-bond acceptors (Lipinski definition) is 5. The lowest BCUT2D eigenvalue weighted by Gasteiger charge is -2.08. The zero-order valence-electron chi connectivity index (χ0n) is 16.7. The van der Waals surface area contributed by atoms with Crippen LogP contribution in [0.1, 0.15) is 21.6 Å². The predicted molar refractivity (Wildman–Crippen MR) is 109 cm³/mol. The van der Waals surface area contributed by atoms with Crippen molar-refractivity contribution >= 4 is 11.6 Å². The molecular formula is C21H17F3N6O2. The Kier molecular flexibility index (Phi) is 5.63. The van der Waals surface area contributed by atoms with Crippen molar-refractivity contribution in [1.82, 2.24) is 24.5 Å². The van der Waals surface area contributed by atoms with Crippen LogP contribution in [0.2, 0.25) is 0 Å². The second kappa shape index (κ2) is 8.53. The molecule has 11 heteroatoms. The van der Waals surface area contributed by atoms with E-state index in [-0.39, 0.29) is 17.1 Å². The van der Waals surface area contributed by atoms with Crippen LogP contribution in [0, 0.1) is 0 Å². The highest BCUT2D eigenvalue weighted by Crippen LogP contribution is 2.31. The number of hydrogen-bond donors (Lipinski definition) is 1. The Morgan fingerprint density at radius 1 is 1.16 bits per heavy atom. The highest BCUT2D eigenvalue weighted by atomic mass is 19.4. The summed E-state index contributed by atoms with van der Waals surface area (Å²) in [5.74, 6) is -0.441. The minimum atomic E-state index is -4.50. The van der Waals surface area contributed by atoms with Crippen molar-refractivity contribution in [2.24, 2.45) is 0 Å². The molecule has 0 saturated heterocycles. The van der Waals surface area contributed by atoms with E-state index in [0.29, 0.717) is 12.2 Å². The smallest absolute Gasteiger partial charge is 0.416 e. The van der Waals surface area contributed by atoms with Gasteiger partial charge in [0.25, 0.3) is 5.91 Å². The third-order valence-corrected chi connectivity index (χ3v) is 4.55. The number of benzene rings is 2. The average molecular weight is 442 g/mol. The molecule has 0 aliphatic rings. The first-order valence-corrected chi connectivity index (χ1v) is 9.37. The van der Waals surface area contributed by atoms with Crippen LogP contribution < -0.4 is 10.1 Å². The molecule has 1 N–H and O–H groups in total. The largest absolute Gasteiger partial charge is 0.493 e. The quantitative estimate of drug-likeness (QED) is 0.491. The van der Waals surface area contributed by atoms with E-state index in [0.717, 1.165) is 17.7 Å². The SMILES string of the molecule is COc1cn(-c2cccc(C(F)(F)F)c2)nc1C(=O)Nc1cccc(Cn2cncn2)c1. The monoisotopic (exact) mass is 442 g/mol. The van der Waals surface area contributed by atoms with Crippen molar-refractivity contribution in [3.05, 3.63) is 84.2 Å². The van der Waals surface area contributed by atoms with Crippen LogP contribution in [0.25, 0.3) is 5.69 Å². The highest BCUT2D eigenvalue weighted by molar-refractivity contribution is 6.04. The van der Waals surface area contributed by atoms with Gasteiger partial charge in [-0.15, -0.1) is 0 Å². The number of nitrogens with one attached hydrogen (secondary N) is 1. The fourth-order valence-electron chi connectivity index (χ4n) is 3.06. The van der Waals surface area contributed by atoms with Crippen LogP contribution in [0.5, 0.6) is 5.75 Å². The number of alkyl halides is 3. The minimum Gasteiger partial charge on any atom is -0.493 e. The van der Waals surface area contributed by atoms with Gasteiger partial charge in [-0.2, -0.15) is 23.4 Å². The first kappa shape index (κ1) is 21.1. The van der Waals surface area contributed by atoms with E-state index >= 15 is 0 Å². The molecule has 2 heterocycles. The first-order chi connectivity index (χ1) is 15.3. The number of amides is 1. The number of halogens is 3. The minimum absolute atomic E-state index is 0.0633. The second-order valence-electron chi connectivity index (χ2n) is 6.79. The number of anilines is 1.